The SMILES string of the molecule is Cn1cc(NCC(C#N)C(F)(F)F)cn1. The molecule has 0 bridgehead atoms. The zero-order chi connectivity index (χ0) is 11.5. The number of nitrogens with one attached hydrogen (secondary N) is 1. The number of aromatic nitrogens is 2. The molecule has 0 aromatic carbocycles. The van der Waals surface area contributed by atoms with Crippen molar-refractivity contribution in [3.63, 3.8) is 0 Å². The number of alkyl halides is 3. The molecule has 1 heterocycles. The number of hydrogen-bond acceptors (Lipinski definition) is 3. The number of halogens is 3. The standard InChI is InChI=1S/C8H9F3N4/c1-15-5-7(4-14-15)13-3-6(2-12)8(9,10)11/h4-6,13H,3H2,1H3. The van der Waals surface area contributed by atoms with Crippen molar-refractivity contribution in [3.05, 3.63) is 12.4 Å². The molecule has 0 fully saturated rings. The van der Waals surface area contributed by atoms with Gasteiger partial charge < -0.3 is 5.32 Å². The van der Waals surface area contributed by atoms with Crippen LogP contribution in [-0.2, 0) is 7.05 Å². The van der Waals surface area contributed by atoms with Crippen LogP contribution in [0.1, 0.15) is 0 Å². The lowest BCUT2D eigenvalue weighted by Gasteiger charge is -2.13. The fourth-order valence-corrected chi connectivity index (χ4v) is 0.967. The fraction of sp³-hybridized carbons (Fsp3) is 0.500. The van der Waals surface area contributed by atoms with Crippen LogP contribution in [-0.4, -0.2) is 22.5 Å². The van der Waals surface area contributed by atoms with Gasteiger partial charge in [-0.2, -0.15) is 23.5 Å². The minimum atomic E-state index is -4.50. The first-order valence-corrected chi connectivity index (χ1v) is 4.12. The summed E-state index contributed by atoms with van der Waals surface area (Å²) < 4.78 is 37.9. The Balaban J connectivity index is 2.53. The Kier molecular flexibility index (Phi) is 3.19. The number of hydrogen-bond donors (Lipinski definition) is 1. The normalized spacial score (nSPS) is 13.3. The average Bonchev–Trinajstić information content (AvgIpc) is 2.50. The van der Waals surface area contributed by atoms with Crippen LogP contribution >= 0.6 is 0 Å². The van der Waals surface area contributed by atoms with Crippen LogP contribution < -0.4 is 5.32 Å². The van der Waals surface area contributed by atoms with Crippen molar-refractivity contribution in [1.82, 2.24) is 9.78 Å². The maximum absolute atomic E-state index is 12.1. The first-order valence-electron chi connectivity index (χ1n) is 4.12. The van der Waals surface area contributed by atoms with Gasteiger partial charge in [0.25, 0.3) is 0 Å². The predicted molar refractivity (Wildman–Crippen MR) is 46.9 cm³/mol. The van der Waals surface area contributed by atoms with Crippen molar-refractivity contribution in [3.8, 4) is 6.07 Å². The quantitative estimate of drug-likeness (QED) is 0.837. The van der Waals surface area contributed by atoms with Gasteiger partial charge in [0.05, 0.1) is 18.0 Å². The Labute approximate surface area is 84.3 Å². The molecular formula is C8H9F3N4. The van der Waals surface area contributed by atoms with Gasteiger partial charge in [-0.3, -0.25) is 4.68 Å². The third-order valence-electron chi connectivity index (χ3n) is 1.77. The minimum absolute atomic E-state index is 0.460. The Hall–Kier alpha value is -1.71. The second kappa shape index (κ2) is 4.21. The van der Waals surface area contributed by atoms with Crippen LogP contribution in [0.3, 0.4) is 0 Å². The summed E-state index contributed by atoms with van der Waals surface area (Å²) in [4.78, 5) is 0. The van der Waals surface area contributed by atoms with Gasteiger partial charge in [0, 0.05) is 19.8 Å². The van der Waals surface area contributed by atoms with Crippen LogP contribution in [0.15, 0.2) is 12.4 Å². The van der Waals surface area contributed by atoms with Gasteiger partial charge in [0.2, 0.25) is 0 Å². The average molecular weight is 218 g/mol. The van der Waals surface area contributed by atoms with Gasteiger partial charge in [-0.15, -0.1) is 0 Å². The van der Waals surface area contributed by atoms with Gasteiger partial charge in [0.1, 0.15) is 0 Å². The molecule has 4 nitrogen and oxygen atoms in total. The summed E-state index contributed by atoms with van der Waals surface area (Å²) in [6.07, 6.45) is -1.57. The van der Waals surface area contributed by atoms with Crippen LogP contribution in [0.2, 0.25) is 0 Å². The van der Waals surface area contributed by atoms with E-state index < -0.39 is 18.6 Å². The molecule has 0 saturated heterocycles. The Morgan fingerprint density at radius 3 is 2.73 bits per heavy atom. The molecule has 1 atom stereocenters. The third kappa shape index (κ3) is 3.16. The Morgan fingerprint density at radius 1 is 1.67 bits per heavy atom. The van der Waals surface area contributed by atoms with Crippen molar-refractivity contribution in [1.29, 1.82) is 5.26 Å². The highest BCUT2D eigenvalue weighted by Crippen LogP contribution is 2.25. The van der Waals surface area contributed by atoms with Crippen molar-refractivity contribution in [2.45, 2.75) is 6.18 Å². The van der Waals surface area contributed by atoms with Gasteiger partial charge in [-0.1, -0.05) is 0 Å². The van der Waals surface area contributed by atoms with Crippen molar-refractivity contribution < 1.29 is 13.2 Å². The van der Waals surface area contributed by atoms with Crippen LogP contribution in [0.5, 0.6) is 0 Å². The zero-order valence-electron chi connectivity index (χ0n) is 7.91. The summed E-state index contributed by atoms with van der Waals surface area (Å²) in [6.45, 7) is -0.467. The second-order valence-corrected chi connectivity index (χ2v) is 3.01. The molecule has 1 N–H and O–H groups in total. The summed E-state index contributed by atoms with van der Waals surface area (Å²) in [7, 11) is 1.65. The van der Waals surface area contributed by atoms with Crippen molar-refractivity contribution in [2.75, 3.05) is 11.9 Å². The van der Waals surface area contributed by atoms with E-state index in [0.717, 1.165) is 0 Å². The highest BCUT2D eigenvalue weighted by atomic mass is 19.4. The van der Waals surface area contributed by atoms with Gasteiger partial charge in [-0.05, 0) is 0 Å². The van der Waals surface area contributed by atoms with Crippen molar-refractivity contribution >= 4 is 5.69 Å². The van der Waals surface area contributed by atoms with Gasteiger partial charge >= 0.3 is 6.18 Å². The lowest BCUT2D eigenvalue weighted by molar-refractivity contribution is -0.155. The third-order valence-corrected chi connectivity index (χ3v) is 1.77. The lowest BCUT2D eigenvalue weighted by Crippen LogP contribution is -2.28. The smallest absolute Gasteiger partial charge is 0.381 e. The van der Waals surface area contributed by atoms with Gasteiger partial charge in [-0.25, -0.2) is 0 Å². The zero-order valence-corrected chi connectivity index (χ0v) is 7.91. The Bertz CT molecular complexity index is 363. The molecule has 0 spiro atoms. The van der Waals surface area contributed by atoms with Crippen molar-refractivity contribution in [2.24, 2.45) is 13.0 Å². The molecule has 15 heavy (non-hydrogen) atoms. The first-order chi connectivity index (χ1) is 6.93. The maximum Gasteiger partial charge on any atom is 0.406 e. The highest BCUT2D eigenvalue weighted by molar-refractivity contribution is 5.38. The van der Waals surface area contributed by atoms with E-state index in [1.807, 2.05) is 0 Å². The highest BCUT2D eigenvalue weighted by Gasteiger charge is 2.39. The summed E-state index contributed by atoms with van der Waals surface area (Å²) in [5.41, 5.74) is 0.460. The summed E-state index contributed by atoms with van der Waals surface area (Å²) in [6, 6.07) is 1.20. The largest absolute Gasteiger partial charge is 0.406 e. The summed E-state index contributed by atoms with van der Waals surface area (Å²) >= 11 is 0. The predicted octanol–water partition coefficient (Wildman–Crippen LogP) is 1.53. The molecule has 82 valence electrons. The molecule has 0 saturated carbocycles. The lowest BCUT2D eigenvalue weighted by atomic mass is 10.1. The molecule has 0 aliphatic rings. The Morgan fingerprint density at radius 2 is 2.33 bits per heavy atom. The molecule has 1 unspecified atom stereocenters. The van der Waals surface area contributed by atoms with Crippen LogP contribution in [0, 0.1) is 17.2 Å². The molecule has 0 aliphatic carbocycles. The topological polar surface area (TPSA) is 53.6 Å². The van der Waals surface area contributed by atoms with Gasteiger partial charge in [0.15, 0.2) is 5.92 Å². The van der Waals surface area contributed by atoms with E-state index in [9.17, 15) is 13.2 Å². The molecule has 1 aromatic rings. The molecule has 0 radical (unpaired) electrons. The molecule has 0 aliphatic heterocycles. The van der Waals surface area contributed by atoms with Crippen LogP contribution in [0.25, 0.3) is 0 Å². The minimum Gasteiger partial charge on any atom is -0.381 e. The van der Waals surface area contributed by atoms with E-state index in [2.05, 4.69) is 10.4 Å². The van der Waals surface area contributed by atoms with E-state index in [-0.39, 0.29) is 0 Å². The number of rotatable bonds is 3. The summed E-state index contributed by atoms with van der Waals surface area (Å²) in [5.74, 6) is -2.00. The number of nitrogens with zero attached hydrogens (tertiary/aromatic N) is 3. The maximum atomic E-state index is 12.1. The second-order valence-electron chi connectivity index (χ2n) is 3.01. The molecule has 1 aromatic heterocycles. The van der Waals surface area contributed by atoms with E-state index in [0.29, 0.717) is 5.69 Å². The molecule has 0 amide bonds. The van der Waals surface area contributed by atoms with E-state index in [4.69, 9.17) is 5.26 Å². The number of anilines is 1. The van der Waals surface area contributed by atoms with E-state index >= 15 is 0 Å². The monoisotopic (exact) mass is 218 g/mol. The van der Waals surface area contributed by atoms with Crippen LogP contribution in [0.4, 0.5) is 18.9 Å². The fourth-order valence-electron chi connectivity index (χ4n) is 0.967. The molecular weight excluding hydrogens is 209 g/mol. The molecule has 7 heteroatoms. The first kappa shape index (κ1) is 11.4. The van der Waals surface area contributed by atoms with E-state index in [1.54, 1.807) is 7.05 Å². The molecule has 1 rings (SSSR count). The van der Waals surface area contributed by atoms with E-state index in [1.165, 1.54) is 23.1 Å². The number of nitriles is 1. The summed E-state index contributed by atoms with van der Waals surface area (Å²) in [5, 5.41) is 14.6. The number of aryl methyl sites for hydroxylation is 1.